The lowest BCUT2D eigenvalue weighted by molar-refractivity contribution is -0.274. The first-order valence-electron chi connectivity index (χ1n) is 10.1. The number of benzene rings is 1. The molecule has 0 spiro atoms. The molecule has 2 heterocycles. The van der Waals surface area contributed by atoms with Crippen LogP contribution in [0.2, 0.25) is 0 Å². The minimum atomic E-state index is -4.86. The van der Waals surface area contributed by atoms with Crippen molar-refractivity contribution >= 4 is 23.2 Å². The third kappa shape index (κ3) is 5.95. The maximum absolute atomic E-state index is 12.8. The molecule has 0 aliphatic rings. The Morgan fingerprint density at radius 2 is 1.91 bits per heavy atom. The van der Waals surface area contributed by atoms with Crippen molar-refractivity contribution in [2.75, 3.05) is 7.11 Å². The molecule has 0 bridgehead atoms. The molecule has 0 saturated carbocycles. The van der Waals surface area contributed by atoms with Crippen LogP contribution in [0, 0.1) is 6.92 Å². The largest absolute Gasteiger partial charge is 0.573 e. The van der Waals surface area contributed by atoms with Crippen LogP contribution < -0.4 is 10.5 Å². The van der Waals surface area contributed by atoms with Crippen LogP contribution in [0.4, 0.5) is 13.2 Å². The lowest BCUT2D eigenvalue weighted by Crippen LogP contribution is -2.17. The second-order valence-corrected chi connectivity index (χ2v) is 8.31. The third-order valence-corrected chi connectivity index (χ3v) is 6.13. The molecule has 176 valence electrons. The van der Waals surface area contributed by atoms with Gasteiger partial charge in [0.05, 0.1) is 19.1 Å². The van der Waals surface area contributed by atoms with Crippen molar-refractivity contribution in [3.05, 3.63) is 63.6 Å². The number of methoxy groups -OCH3 is 1. The van der Waals surface area contributed by atoms with Crippen LogP contribution in [-0.4, -0.2) is 29.9 Å². The van der Waals surface area contributed by atoms with Gasteiger partial charge in [-0.1, -0.05) is 18.2 Å². The van der Waals surface area contributed by atoms with E-state index in [4.69, 9.17) is 10.5 Å². The molecule has 0 radical (unpaired) electrons. The lowest BCUT2D eigenvalue weighted by atomic mass is 9.97. The number of alkyl halides is 3. The first kappa shape index (κ1) is 24.4. The number of nitrogens with zero attached hydrogens (tertiary/aromatic N) is 1. The maximum Gasteiger partial charge on any atom is 0.573 e. The summed E-state index contributed by atoms with van der Waals surface area (Å²) >= 11 is 1.59. The third-order valence-electron chi connectivity index (χ3n) is 5.19. The van der Waals surface area contributed by atoms with Gasteiger partial charge in [-0.2, -0.15) is 0 Å². The Morgan fingerprint density at radius 1 is 1.15 bits per heavy atom. The average molecular weight is 481 g/mol. The van der Waals surface area contributed by atoms with Gasteiger partial charge in [0.25, 0.3) is 5.91 Å². The highest BCUT2D eigenvalue weighted by Gasteiger charge is 2.32. The molecule has 1 amide bonds. The summed E-state index contributed by atoms with van der Waals surface area (Å²) < 4.78 is 49.0. The highest BCUT2D eigenvalue weighted by Crippen LogP contribution is 2.36. The number of thiophene rings is 1. The van der Waals surface area contributed by atoms with Crippen molar-refractivity contribution in [3.63, 3.8) is 0 Å². The van der Waals surface area contributed by atoms with Gasteiger partial charge in [0.15, 0.2) is 0 Å². The molecule has 6 nitrogen and oxygen atoms in total. The van der Waals surface area contributed by atoms with E-state index < -0.39 is 24.0 Å². The van der Waals surface area contributed by atoms with Crippen molar-refractivity contribution < 1.29 is 32.2 Å². The summed E-state index contributed by atoms with van der Waals surface area (Å²) in [5, 5.41) is 1.96. The second-order valence-electron chi connectivity index (χ2n) is 7.28. The van der Waals surface area contributed by atoms with Gasteiger partial charge in [0.2, 0.25) is 0 Å². The highest BCUT2D eigenvalue weighted by molar-refractivity contribution is 7.09. The zero-order chi connectivity index (χ0) is 24.2. The van der Waals surface area contributed by atoms with Crippen molar-refractivity contribution in [1.29, 1.82) is 0 Å². The van der Waals surface area contributed by atoms with Crippen molar-refractivity contribution in [2.45, 2.75) is 39.1 Å². The molecule has 0 aliphatic heterocycles. The number of esters is 1. The van der Waals surface area contributed by atoms with E-state index in [9.17, 15) is 22.8 Å². The predicted octanol–water partition coefficient (Wildman–Crippen LogP) is 4.87. The summed E-state index contributed by atoms with van der Waals surface area (Å²) in [5.74, 6) is -1.57. The number of rotatable bonds is 9. The number of aromatic nitrogens is 1. The summed E-state index contributed by atoms with van der Waals surface area (Å²) in [4.78, 5) is 25.4. The van der Waals surface area contributed by atoms with Crippen LogP contribution in [0.1, 0.15) is 33.0 Å². The van der Waals surface area contributed by atoms with Crippen LogP contribution in [0.5, 0.6) is 5.75 Å². The van der Waals surface area contributed by atoms with Crippen LogP contribution in [0.3, 0.4) is 0 Å². The molecular formula is C23H23F3N2O4S. The Kier molecular flexibility index (Phi) is 7.47. The molecule has 0 unspecified atom stereocenters. The van der Waals surface area contributed by atoms with Gasteiger partial charge >= 0.3 is 12.3 Å². The Labute approximate surface area is 192 Å². The summed E-state index contributed by atoms with van der Waals surface area (Å²) in [5.41, 5.74) is 7.82. The fraction of sp³-hybridized carbons (Fsp3) is 0.304. The molecular weight excluding hydrogens is 457 g/mol. The van der Waals surface area contributed by atoms with E-state index in [0.717, 1.165) is 4.88 Å². The van der Waals surface area contributed by atoms with E-state index in [2.05, 4.69) is 4.74 Å². The lowest BCUT2D eigenvalue weighted by Gasteiger charge is -2.14. The van der Waals surface area contributed by atoms with Crippen molar-refractivity contribution in [1.82, 2.24) is 4.57 Å². The Hall–Kier alpha value is -3.27. The number of carbonyl (C=O) groups excluding carboxylic acids is 2. The Morgan fingerprint density at radius 3 is 2.52 bits per heavy atom. The van der Waals surface area contributed by atoms with Gasteiger partial charge in [-0.15, -0.1) is 24.5 Å². The molecule has 1 aromatic carbocycles. The van der Waals surface area contributed by atoms with Gasteiger partial charge in [-0.25, -0.2) is 0 Å². The highest BCUT2D eigenvalue weighted by atomic mass is 32.1. The summed E-state index contributed by atoms with van der Waals surface area (Å²) in [6, 6.07) is 9.30. The SMILES string of the molecule is COC(=O)CCc1c(-c2cccc(OC(F)(F)F)c2)c(C(N)=O)c(C)n1CCc1cccs1. The molecule has 10 heteroatoms. The molecule has 0 atom stereocenters. The molecule has 3 aromatic rings. The van der Waals surface area contributed by atoms with Gasteiger partial charge in [-0.3, -0.25) is 9.59 Å². The zero-order valence-electron chi connectivity index (χ0n) is 18.1. The van der Waals surface area contributed by atoms with Gasteiger partial charge < -0.3 is 19.8 Å². The molecule has 33 heavy (non-hydrogen) atoms. The van der Waals surface area contributed by atoms with Crippen LogP contribution >= 0.6 is 11.3 Å². The quantitative estimate of drug-likeness (QED) is 0.443. The number of carbonyl (C=O) groups is 2. The second kappa shape index (κ2) is 10.1. The minimum Gasteiger partial charge on any atom is -0.469 e. The number of aryl methyl sites for hydroxylation is 1. The summed E-state index contributed by atoms with van der Waals surface area (Å²) in [7, 11) is 1.27. The summed E-state index contributed by atoms with van der Waals surface area (Å²) in [6.45, 7) is 2.23. The van der Waals surface area contributed by atoms with Crippen LogP contribution in [0.25, 0.3) is 11.1 Å². The zero-order valence-corrected chi connectivity index (χ0v) is 18.9. The topological polar surface area (TPSA) is 83.6 Å². The Balaban J connectivity index is 2.13. The number of hydrogen-bond donors (Lipinski definition) is 1. The smallest absolute Gasteiger partial charge is 0.469 e. The van der Waals surface area contributed by atoms with E-state index in [0.29, 0.717) is 35.5 Å². The number of hydrogen-bond acceptors (Lipinski definition) is 5. The van der Waals surface area contributed by atoms with E-state index in [1.54, 1.807) is 24.3 Å². The van der Waals surface area contributed by atoms with Crippen LogP contribution in [0.15, 0.2) is 41.8 Å². The minimum absolute atomic E-state index is 0.0307. The predicted molar refractivity (Wildman–Crippen MR) is 118 cm³/mol. The number of ether oxygens (including phenoxy) is 2. The molecule has 0 saturated heterocycles. The van der Waals surface area contributed by atoms with E-state index >= 15 is 0 Å². The maximum atomic E-state index is 12.8. The first-order valence-corrected chi connectivity index (χ1v) is 11.0. The average Bonchev–Trinajstić information content (AvgIpc) is 3.35. The fourth-order valence-electron chi connectivity index (χ4n) is 3.82. The van der Waals surface area contributed by atoms with E-state index in [-0.39, 0.29) is 18.4 Å². The van der Waals surface area contributed by atoms with Gasteiger partial charge in [0, 0.05) is 28.4 Å². The van der Waals surface area contributed by atoms with E-state index in [1.165, 1.54) is 25.3 Å². The number of amides is 1. The molecule has 2 N–H and O–H groups in total. The normalized spacial score (nSPS) is 11.4. The van der Waals surface area contributed by atoms with Crippen molar-refractivity contribution in [2.24, 2.45) is 5.73 Å². The molecule has 2 aromatic heterocycles. The van der Waals surface area contributed by atoms with Crippen LogP contribution in [-0.2, 0) is 28.9 Å². The first-order chi connectivity index (χ1) is 15.6. The number of nitrogens with two attached hydrogens (primary N) is 1. The molecule has 0 aliphatic carbocycles. The molecule has 3 rings (SSSR count). The van der Waals surface area contributed by atoms with Crippen molar-refractivity contribution in [3.8, 4) is 16.9 Å². The summed E-state index contributed by atoms with van der Waals surface area (Å²) in [6.07, 6.45) is -3.94. The number of halogens is 3. The monoisotopic (exact) mass is 480 g/mol. The standard InChI is InChI=1S/C23H23F3N2O4S/c1-14-20(22(27)30)21(15-5-3-6-16(13-15)32-23(24,25)26)18(8-9-19(29)31-2)28(14)11-10-17-7-4-12-33-17/h3-7,12-13H,8-11H2,1-2H3,(H2,27,30). The van der Waals surface area contributed by atoms with E-state index in [1.807, 2.05) is 22.1 Å². The van der Waals surface area contributed by atoms with Gasteiger partial charge in [0.1, 0.15) is 5.75 Å². The van der Waals surface area contributed by atoms with Gasteiger partial charge in [-0.05, 0) is 48.9 Å². The number of primary amides is 1. The molecule has 0 fully saturated rings. The Bertz CT molecular complexity index is 1140. The fourth-order valence-corrected chi connectivity index (χ4v) is 4.52.